The SMILES string of the molecule is CCNC(=NCCC(=O)NCc1ccccc1)NCCc1cccc(C(=O)NC)c1.I. The number of nitrogens with zero attached hydrogens (tertiary/aromatic N) is 1. The van der Waals surface area contributed by atoms with E-state index in [1.165, 1.54) is 0 Å². The molecule has 168 valence electrons. The second-order valence-corrected chi connectivity index (χ2v) is 6.73. The zero-order valence-corrected chi connectivity index (χ0v) is 20.4. The Morgan fingerprint density at radius 3 is 2.39 bits per heavy atom. The van der Waals surface area contributed by atoms with Gasteiger partial charge in [-0.3, -0.25) is 14.6 Å². The highest BCUT2D eigenvalue weighted by Crippen LogP contribution is 2.05. The summed E-state index contributed by atoms with van der Waals surface area (Å²) in [4.78, 5) is 28.2. The van der Waals surface area contributed by atoms with Crippen LogP contribution >= 0.6 is 24.0 Å². The van der Waals surface area contributed by atoms with Crippen LogP contribution in [0.5, 0.6) is 0 Å². The highest BCUT2D eigenvalue weighted by atomic mass is 127. The first-order chi connectivity index (χ1) is 14.6. The van der Waals surface area contributed by atoms with Gasteiger partial charge < -0.3 is 21.3 Å². The number of rotatable bonds is 10. The predicted octanol–water partition coefficient (Wildman–Crippen LogP) is 2.47. The van der Waals surface area contributed by atoms with Crippen LogP contribution in [-0.4, -0.2) is 44.5 Å². The number of hydrogen-bond acceptors (Lipinski definition) is 3. The van der Waals surface area contributed by atoms with Crippen molar-refractivity contribution in [3.63, 3.8) is 0 Å². The number of hydrogen-bond donors (Lipinski definition) is 4. The van der Waals surface area contributed by atoms with Crippen LogP contribution in [0.25, 0.3) is 0 Å². The molecule has 0 aliphatic heterocycles. The normalized spacial score (nSPS) is 10.6. The number of halogens is 1. The van der Waals surface area contributed by atoms with Crippen molar-refractivity contribution < 1.29 is 9.59 Å². The highest BCUT2D eigenvalue weighted by Gasteiger charge is 2.05. The Kier molecular flexibility index (Phi) is 13.0. The molecule has 0 saturated heterocycles. The molecule has 0 atom stereocenters. The molecular weight excluding hydrogens is 505 g/mol. The summed E-state index contributed by atoms with van der Waals surface area (Å²) in [7, 11) is 1.62. The molecule has 7 nitrogen and oxygen atoms in total. The van der Waals surface area contributed by atoms with Crippen molar-refractivity contribution in [3.05, 3.63) is 71.3 Å². The fraction of sp³-hybridized carbons (Fsp3) is 0.348. The Bertz CT molecular complexity index is 843. The number of carbonyl (C=O) groups is 2. The summed E-state index contributed by atoms with van der Waals surface area (Å²) in [6.07, 6.45) is 1.09. The maximum atomic E-state index is 12.0. The van der Waals surface area contributed by atoms with E-state index < -0.39 is 0 Å². The van der Waals surface area contributed by atoms with Gasteiger partial charge in [-0.25, -0.2) is 0 Å². The van der Waals surface area contributed by atoms with E-state index in [-0.39, 0.29) is 35.8 Å². The Morgan fingerprint density at radius 1 is 0.935 bits per heavy atom. The third-order valence-electron chi connectivity index (χ3n) is 4.41. The van der Waals surface area contributed by atoms with Gasteiger partial charge in [0.15, 0.2) is 5.96 Å². The summed E-state index contributed by atoms with van der Waals surface area (Å²) >= 11 is 0. The number of nitrogens with one attached hydrogen (secondary N) is 4. The first-order valence-electron chi connectivity index (χ1n) is 10.3. The third-order valence-corrected chi connectivity index (χ3v) is 4.41. The molecule has 0 aliphatic rings. The van der Waals surface area contributed by atoms with Crippen LogP contribution in [0.15, 0.2) is 59.6 Å². The van der Waals surface area contributed by atoms with Crippen molar-refractivity contribution in [1.82, 2.24) is 21.3 Å². The van der Waals surface area contributed by atoms with Crippen LogP contribution < -0.4 is 21.3 Å². The van der Waals surface area contributed by atoms with E-state index in [1.54, 1.807) is 13.1 Å². The van der Waals surface area contributed by atoms with Crippen LogP contribution in [0.4, 0.5) is 0 Å². The Balaban J connectivity index is 0.00000480. The van der Waals surface area contributed by atoms with Crippen molar-refractivity contribution >= 4 is 41.8 Å². The van der Waals surface area contributed by atoms with Crippen molar-refractivity contribution in [1.29, 1.82) is 0 Å². The lowest BCUT2D eigenvalue weighted by atomic mass is 10.1. The van der Waals surface area contributed by atoms with Gasteiger partial charge >= 0.3 is 0 Å². The maximum Gasteiger partial charge on any atom is 0.251 e. The monoisotopic (exact) mass is 537 g/mol. The Hall–Kier alpha value is -2.62. The number of carbonyl (C=O) groups excluding carboxylic acids is 2. The van der Waals surface area contributed by atoms with Gasteiger partial charge in [0.2, 0.25) is 5.91 Å². The molecule has 0 bridgehead atoms. The van der Waals surface area contributed by atoms with Crippen LogP contribution in [0.1, 0.15) is 34.8 Å². The van der Waals surface area contributed by atoms with E-state index in [9.17, 15) is 9.59 Å². The summed E-state index contributed by atoms with van der Waals surface area (Å²) in [6, 6.07) is 17.4. The standard InChI is InChI=1S/C23H31N5O2.HI/c1-3-25-23(26-14-12-18-10-7-11-20(16-18)22(30)24-2)27-15-13-21(29)28-17-19-8-5-4-6-9-19;/h4-11,16H,3,12-15,17H2,1-2H3,(H,24,30)(H,28,29)(H2,25,26,27);1H. The minimum atomic E-state index is -0.0924. The van der Waals surface area contributed by atoms with E-state index in [4.69, 9.17) is 0 Å². The van der Waals surface area contributed by atoms with Crippen LogP contribution in [0.3, 0.4) is 0 Å². The van der Waals surface area contributed by atoms with Gasteiger partial charge in [0.1, 0.15) is 0 Å². The lowest BCUT2D eigenvalue weighted by molar-refractivity contribution is -0.121. The molecule has 2 rings (SSSR count). The van der Waals surface area contributed by atoms with Crippen LogP contribution in [0.2, 0.25) is 0 Å². The molecule has 0 heterocycles. The molecule has 31 heavy (non-hydrogen) atoms. The average molecular weight is 537 g/mol. The topological polar surface area (TPSA) is 94.6 Å². The molecule has 0 unspecified atom stereocenters. The van der Waals surface area contributed by atoms with E-state index in [0.29, 0.717) is 37.6 Å². The summed E-state index contributed by atoms with van der Waals surface area (Å²) in [5.41, 5.74) is 2.79. The second kappa shape index (κ2) is 15.2. The largest absolute Gasteiger partial charge is 0.357 e. The molecule has 0 radical (unpaired) electrons. The predicted molar refractivity (Wildman–Crippen MR) is 136 cm³/mol. The highest BCUT2D eigenvalue weighted by molar-refractivity contribution is 14.0. The molecule has 2 aromatic carbocycles. The summed E-state index contributed by atoms with van der Waals surface area (Å²) in [5, 5.41) is 12.0. The minimum Gasteiger partial charge on any atom is -0.357 e. The quantitative estimate of drug-likeness (QED) is 0.213. The van der Waals surface area contributed by atoms with Crippen molar-refractivity contribution in [2.24, 2.45) is 4.99 Å². The van der Waals surface area contributed by atoms with Crippen molar-refractivity contribution in [3.8, 4) is 0 Å². The summed E-state index contributed by atoms with van der Waals surface area (Å²) in [6.45, 7) is 4.33. The molecule has 0 aliphatic carbocycles. The average Bonchev–Trinajstić information content (AvgIpc) is 2.78. The smallest absolute Gasteiger partial charge is 0.251 e. The Labute approximate surface area is 201 Å². The number of aliphatic imine (C=N–C) groups is 1. The van der Waals surface area contributed by atoms with Crippen LogP contribution in [0, 0.1) is 0 Å². The third kappa shape index (κ3) is 10.3. The second-order valence-electron chi connectivity index (χ2n) is 6.73. The number of benzene rings is 2. The lowest BCUT2D eigenvalue weighted by Crippen LogP contribution is -2.38. The summed E-state index contributed by atoms with van der Waals surface area (Å²) in [5.74, 6) is 0.561. The number of guanidine groups is 1. The van der Waals surface area contributed by atoms with E-state index >= 15 is 0 Å². The molecule has 0 fully saturated rings. The molecule has 2 amide bonds. The number of amides is 2. The van der Waals surface area contributed by atoms with Gasteiger partial charge in [0.25, 0.3) is 5.91 Å². The molecule has 0 spiro atoms. The fourth-order valence-electron chi connectivity index (χ4n) is 2.83. The zero-order valence-electron chi connectivity index (χ0n) is 18.1. The molecule has 4 N–H and O–H groups in total. The first-order valence-corrected chi connectivity index (χ1v) is 10.3. The lowest BCUT2D eigenvalue weighted by Gasteiger charge is -2.12. The van der Waals surface area contributed by atoms with Gasteiger partial charge in [-0.2, -0.15) is 0 Å². The molecule has 0 aromatic heterocycles. The summed E-state index contributed by atoms with van der Waals surface area (Å²) < 4.78 is 0. The van der Waals surface area contributed by atoms with Gasteiger partial charge in [0.05, 0.1) is 6.54 Å². The van der Waals surface area contributed by atoms with Crippen molar-refractivity contribution in [2.45, 2.75) is 26.3 Å². The molecular formula is C23H32IN5O2. The van der Waals surface area contributed by atoms with E-state index in [2.05, 4.69) is 26.3 Å². The molecule has 2 aromatic rings. The van der Waals surface area contributed by atoms with E-state index in [1.807, 2.05) is 55.5 Å². The molecule has 8 heteroatoms. The van der Waals surface area contributed by atoms with Gasteiger partial charge in [-0.15, -0.1) is 24.0 Å². The molecule has 0 saturated carbocycles. The zero-order chi connectivity index (χ0) is 21.6. The first kappa shape index (κ1) is 26.4. The van der Waals surface area contributed by atoms with Crippen LogP contribution in [-0.2, 0) is 17.8 Å². The van der Waals surface area contributed by atoms with Gasteiger partial charge in [-0.1, -0.05) is 42.5 Å². The Morgan fingerprint density at radius 2 is 1.68 bits per heavy atom. The van der Waals surface area contributed by atoms with E-state index in [0.717, 1.165) is 24.1 Å². The van der Waals surface area contributed by atoms with Gasteiger partial charge in [0, 0.05) is 38.7 Å². The van der Waals surface area contributed by atoms with Crippen molar-refractivity contribution in [2.75, 3.05) is 26.7 Å². The fourth-order valence-corrected chi connectivity index (χ4v) is 2.83. The van der Waals surface area contributed by atoms with Gasteiger partial charge in [-0.05, 0) is 36.6 Å². The maximum absolute atomic E-state index is 12.0. The minimum absolute atomic E-state index is 0.